The summed E-state index contributed by atoms with van der Waals surface area (Å²) in [5.74, 6) is 2.68. The number of hydrogen-bond donors (Lipinski definition) is 0. The van der Waals surface area contributed by atoms with E-state index >= 15 is 0 Å². The minimum atomic E-state index is 1.18. The summed E-state index contributed by atoms with van der Waals surface area (Å²) in [4.78, 5) is 3.70. The van der Waals surface area contributed by atoms with Gasteiger partial charge in [0.15, 0.2) is 0 Å². The van der Waals surface area contributed by atoms with E-state index in [-0.39, 0.29) is 0 Å². The topological polar surface area (TPSA) is 12.4 Å². The van der Waals surface area contributed by atoms with Crippen molar-refractivity contribution in [2.24, 2.45) is 4.99 Å². The Hall–Kier alpha value is -0.810. The molecule has 0 saturated carbocycles. The average Bonchev–Trinajstić information content (AvgIpc) is 1.86. The van der Waals surface area contributed by atoms with Gasteiger partial charge in [-0.15, -0.1) is 0 Å². The Morgan fingerprint density at radius 2 is 2.67 bits per heavy atom. The van der Waals surface area contributed by atoms with E-state index in [1.54, 1.807) is 6.20 Å². The molecule has 0 bridgehead atoms. The molecule has 1 aliphatic heterocycles. The fraction of sp³-hybridized carbons (Fsp3) is 0.200. The molecule has 1 nitrogen and oxygen atoms in total. The van der Waals surface area contributed by atoms with E-state index in [1.807, 2.05) is 13.0 Å². The zero-order chi connectivity index (χ0) is 4.41. The van der Waals surface area contributed by atoms with Gasteiger partial charge < -0.3 is 0 Å². The first-order valence-electron chi connectivity index (χ1n) is 1.85. The molecule has 0 N–H and O–H groups in total. The van der Waals surface area contributed by atoms with E-state index in [1.165, 1.54) is 5.57 Å². The number of allylic oxidation sites excluding steroid dienone is 2. The van der Waals surface area contributed by atoms with Gasteiger partial charge in [0.25, 0.3) is 0 Å². The van der Waals surface area contributed by atoms with E-state index < -0.39 is 0 Å². The fourth-order valence-corrected chi connectivity index (χ4v) is 0.315. The first kappa shape index (κ1) is 3.38. The molecular formula is C5H5N. The first-order valence-corrected chi connectivity index (χ1v) is 1.85. The van der Waals surface area contributed by atoms with Crippen molar-refractivity contribution < 1.29 is 0 Å². The van der Waals surface area contributed by atoms with Gasteiger partial charge >= 0.3 is 0 Å². The summed E-state index contributed by atoms with van der Waals surface area (Å²) < 4.78 is 0. The largest absolute Gasteiger partial charge is 0.214 e. The van der Waals surface area contributed by atoms with Crippen molar-refractivity contribution in [3.05, 3.63) is 17.8 Å². The Labute approximate surface area is 36.7 Å². The van der Waals surface area contributed by atoms with Crippen molar-refractivity contribution in [3.63, 3.8) is 0 Å². The smallest absolute Gasteiger partial charge is 0.0404 e. The SMILES string of the molecule is CC1=CN=C=C1. The maximum absolute atomic E-state index is 3.70. The molecule has 1 aliphatic rings. The molecule has 0 atom stereocenters. The number of hydrogen-bond acceptors (Lipinski definition) is 1. The van der Waals surface area contributed by atoms with Gasteiger partial charge in [-0.3, -0.25) is 0 Å². The van der Waals surface area contributed by atoms with Crippen LogP contribution >= 0.6 is 0 Å². The Morgan fingerprint density at radius 3 is 2.83 bits per heavy atom. The van der Waals surface area contributed by atoms with Crippen molar-refractivity contribution in [2.45, 2.75) is 6.92 Å². The molecule has 0 aromatic heterocycles. The fourth-order valence-electron chi connectivity index (χ4n) is 0.315. The van der Waals surface area contributed by atoms with Crippen molar-refractivity contribution in [1.82, 2.24) is 0 Å². The molecule has 1 heterocycles. The minimum absolute atomic E-state index is 1.18. The molecule has 1 rings (SSSR count). The van der Waals surface area contributed by atoms with Gasteiger partial charge in [-0.1, -0.05) is 0 Å². The summed E-state index contributed by atoms with van der Waals surface area (Å²) in [6.07, 6.45) is 3.62. The summed E-state index contributed by atoms with van der Waals surface area (Å²) in [5, 5.41) is 0. The summed E-state index contributed by atoms with van der Waals surface area (Å²) in [5.41, 5.74) is 1.18. The lowest BCUT2D eigenvalue weighted by Gasteiger charge is -1.70. The maximum atomic E-state index is 3.70. The molecule has 0 radical (unpaired) electrons. The molecule has 0 unspecified atom stereocenters. The van der Waals surface area contributed by atoms with Crippen molar-refractivity contribution in [2.75, 3.05) is 0 Å². The van der Waals surface area contributed by atoms with Crippen LogP contribution in [0.3, 0.4) is 0 Å². The van der Waals surface area contributed by atoms with Gasteiger partial charge in [0, 0.05) is 12.3 Å². The molecule has 1 heteroatoms. The summed E-state index contributed by atoms with van der Waals surface area (Å²) >= 11 is 0. The van der Waals surface area contributed by atoms with Gasteiger partial charge in [-0.25, -0.2) is 4.99 Å². The van der Waals surface area contributed by atoms with Crippen LogP contribution in [0.15, 0.2) is 22.8 Å². The van der Waals surface area contributed by atoms with Crippen LogP contribution in [0.1, 0.15) is 6.92 Å². The van der Waals surface area contributed by atoms with Crippen molar-refractivity contribution >= 4 is 5.87 Å². The van der Waals surface area contributed by atoms with Gasteiger partial charge in [-0.05, 0) is 18.4 Å². The predicted octanol–water partition coefficient (Wildman–Crippen LogP) is 1.13. The Kier molecular flexibility index (Phi) is 0.627. The lowest BCUT2D eigenvalue weighted by Crippen LogP contribution is -1.53. The molecule has 0 saturated heterocycles. The van der Waals surface area contributed by atoms with Crippen LogP contribution in [0.4, 0.5) is 0 Å². The molecule has 6 heavy (non-hydrogen) atoms. The quantitative estimate of drug-likeness (QED) is 0.412. The van der Waals surface area contributed by atoms with E-state index in [0.29, 0.717) is 0 Å². The Balaban J connectivity index is 2.88. The number of aliphatic imine (C=N–C) groups is 1. The number of rotatable bonds is 0. The highest BCUT2D eigenvalue weighted by molar-refractivity contribution is 5.61. The zero-order valence-electron chi connectivity index (χ0n) is 3.60. The molecule has 0 aromatic rings. The summed E-state index contributed by atoms with van der Waals surface area (Å²) in [7, 11) is 0. The highest BCUT2D eigenvalue weighted by atomic mass is 14.7. The van der Waals surface area contributed by atoms with Gasteiger partial charge in [0.1, 0.15) is 0 Å². The zero-order valence-corrected chi connectivity index (χ0v) is 3.60. The lowest BCUT2D eigenvalue weighted by atomic mass is 10.4. The van der Waals surface area contributed by atoms with E-state index in [0.717, 1.165) is 0 Å². The highest BCUT2D eigenvalue weighted by Gasteiger charge is 1.79. The van der Waals surface area contributed by atoms with Gasteiger partial charge in [-0.2, -0.15) is 0 Å². The molecule has 0 aliphatic carbocycles. The Morgan fingerprint density at radius 1 is 1.83 bits per heavy atom. The monoisotopic (exact) mass is 79.0 g/mol. The minimum Gasteiger partial charge on any atom is -0.214 e. The standard InChI is InChI=1S/C5H5N/c1-5-2-3-6-4-5/h2,4H,1H3. The first-order chi connectivity index (χ1) is 2.89. The number of nitrogens with zero attached hydrogens (tertiary/aromatic N) is 1. The maximum Gasteiger partial charge on any atom is 0.0404 e. The third-order valence-electron chi connectivity index (χ3n) is 0.635. The van der Waals surface area contributed by atoms with Crippen LogP contribution in [0.25, 0.3) is 0 Å². The van der Waals surface area contributed by atoms with Crippen molar-refractivity contribution in [3.8, 4) is 0 Å². The molecular weight excluding hydrogens is 74.1 g/mol. The van der Waals surface area contributed by atoms with Gasteiger partial charge in [0.2, 0.25) is 0 Å². The Bertz CT molecular complexity index is 136. The van der Waals surface area contributed by atoms with Crippen LogP contribution in [0.5, 0.6) is 0 Å². The predicted molar refractivity (Wildman–Crippen MR) is 25.8 cm³/mol. The van der Waals surface area contributed by atoms with Crippen LogP contribution in [0, 0.1) is 0 Å². The average molecular weight is 79.1 g/mol. The summed E-state index contributed by atoms with van der Waals surface area (Å²) in [6.45, 7) is 1.99. The summed E-state index contributed by atoms with van der Waals surface area (Å²) in [6, 6.07) is 0. The second-order valence-corrected chi connectivity index (χ2v) is 1.28. The highest BCUT2D eigenvalue weighted by Crippen LogP contribution is 1.94. The van der Waals surface area contributed by atoms with E-state index in [4.69, 9.17) is 0 Å². The molecule has 0 aromatic carbocycles. The van der Waals surface area contributed by atoms with Crippen LogP contribution in [-0.4, -0.2) is 5.87 Å². The van der Waals surface area contributed by atoms with Crippen LogP contribution in [0.2, 0.25) is 0 Å². The van der Waals surface area contributed by atoms with Gasteiger partial charge in [0.05, 0.1) is 0 Å². The van der Waals surface area contributed by atoms with Crippen molar-refractivity contribution in [1.29, 1.82) is 0 Å². The second-order valence-electron chi connectivity index (χ2n) is 1.28. The van der Waals surface area contributed by atoms with E-state index in [9.17, 15) is 0 Å². The second kappa shape index (κ2) is 1.11. The molecule has 30 valence electrons. The molecule has 0 spiro atoms. The van der Waals surface area contributed by atoms with E-state index in [2.05, 4.69) is 10.9 Å². The van der Waals surface area contributed by atoms with Crippen LogP contribution in [-0.2, 0) is 0 Å². The molecule has 0 fully saturated rings. The van der Waals surface area contributed by atoms with Crippen LogP contribution < -0.4 is 0 Å². The third-order valence-corrected chi connectivity index (χ3v) is 0.635. The third kappa shape index (κ3) is 0.399. The molecule has 0 amide bonds. The normalized spacial score (nSPS) is 15.8. The lowest BCUT2D eigenvalue weighted by molar-refractivity contribution is 1.49.